The van der Waals surface area contributed by atoms with Crippen LogP contribution in [0.15, 0.2) is 206 Å². The summed E-state index contributed by atoms with van der Waals surface area (Å²) < 4.78 is 7.14. The van der Waals surface area contributed by atoms with Crippen LogP contribution in [-0.4, -0.2) is 24.1 Å². The van der Waals surface area contributed by atoms with Gasteiger partial charge in [0.15, 0.2) is 11.6 Å². The van der Waals surface area contributed by atoms with Crippen LogP contribution in [0.3, 0.4) is 0 Å². The molecule has 0 bridgehead atoms. The van der Waals surface area contributed by atoms with E-state index in [0.717, 1.165) is 98.8 Å². The molecule has 0 aliphatic heterocycles. The van der Waals surface area contributed by atoms with Crippen molar-refractivity contribution in [3.8, 4) is 57.9 Å². The van der Waals surface area contributed by atoms with Crippen molar-refractivity contribution in [1.29, 1.82) is 0 Å². The monoisotopic (exact) mass is 909 g/mol. The van der Waals surface area contributed by atoms with Crippen molar-refractivity contribution in [3.05, 3.63) is 217 Å². The largest absolute Gasteiger partial charge is 0.307 e. The molecule has 10 aromatic carbocycles. The van der Waals surface area contributed by atoms with Gasteiger partial charge in [-0.1, -0.05) is 176 Å². The predicted octanol–water partition coefficient (Wildman–Crippen LogP) is 16.8. The van der Waals surface area contributed by atoms with Crippen LogP contribution in [0.1, 0.15) is 18.1 Å². The second kappa shape index (κ2) is 15.7. The number of terminal acetylenes is 1. The summed E-state index contributed by atoms with van der Waals surface area (Å²) in [5.74, 6) is 4.86. The zero-order valence-electron chi connectivity index (χ0n) is 37.9. The summed E-state index contributed by atoms with van der Waals surface area (Å²) in [6.45, 7) is 2.04. The van der Waals surface area contributed by atoms with E-state index in [1.165, 1.54) is 25.6 Å². The molecular weight excluding hydrogens is 871 g/mol. The van der Waals surface area contributed by atoms with E-state index in [1.807, 2.05) is 25.1 Å². The van der Waals surface area contributed by atoms with Crippen molar-refractivity contribution < 1.29 is 0 Å². The molecule has 5 nitrogen and oxygen atoms in total. The van der Waals surface area contributed by atoms with Gasteiger partial charge < -0.3 is 4.57 Å². The van der Waals surface area contributed by atoms with Gasteiger partial charge in [-0.25, -0.2) is 4.98 Å². The van der Waals surface area contributed by atoms with Crippen LogP contribution in [0.5, 0.6) is 0 Å². The second-order valence-electron chi connectivity index (χ2n) is 17.8. The quantitative estimate of drug-likeness (QED) is 0.123. The third kappa shape index (κ3) is 6.02. The normalized spacial score (nSPS) is 12.0. The minimum atomic E-state index is 0.551. The highest BCUT2D eigenvalue weighted by molar-refractivity contribution is 7.25. The van der Waals surface area contributed by atoms with Gasteiger partial charge in [0.2, 0.25) is 5.95 Å². The van der Waals surface area contributed by atoms with Gasteiger partial charge in [0.05, 0.1) is 22.1 Å². The molecule has 0 aliphatic rings. The van der Waals surface area contributed by atoms with Crippen molar-refractivity contribution in [1.82, 2.24) is 24.1 Å². The molecule has 0 N–H and O–H groups in total. The van der Waals surface area contributed by atoms with Crippen molar-refractivity contribution in [3.63, 3.8) is 0 Å². The summed E-state index contributed by atoms with van der Waals surface area (Å²) in [5, 5.41) is 11.6. The first-order chi connectivity index (χ1) is 34.6. The van der Waals surface area contributed by atoms with E-state index in [2.05, 4.69) is 209 Å². The van der Waals surface area contributed by atoms with Crippen molar-refractivity contribution in [2.75, 3.05) is 0 Å². The van der Waals surface area contributed by atoms with Crippen LogP contribution in [0, 0.1) is 12.3 Å². The molecule has 0 unspecified atom stereocenters. The zero-order valence-corrected chi connectivity index (χ0v) is 38.7. The summed E-state index contributed by atoms with van der Waals surface area (Å²) >= 11 is 1.79. The fraction of sp³-hybridized carbons (Fsp3) is 0.0156. The number of para-hydroxylation sites is 2. The standard InChI is InChI=1S/C64H39N5S/c1-3-17-45-44(4-2)55-37-41(30-32-48(55)47-23-9-8-22-46(45)47)40-20-16-21-43(36-40)68-56-27-13-10-24-49(56)53-34-35-54-50-25-11-14-28-57(50)69(61(54)60(53)68)64-66-62(39-18-6-5-7-19-39)65-63(67-64)42-31-33-52-51-26-12-15-29-58(51)70-59(52)38-42/h2-3,5-38H,1H3/b17-3-. The molecule has 4 aromatic heterocycles. The number of hydrogen-bond acceptors (Lipinski definition) is 4. The summed E-state index contributed by atoms with van der Waals surface area (Å²) in [6, 6.07) is 71.4. The van der Waals surface area contributed by atoms with E-state index >= 15 is 0 Å². The second-order valence-corrected chi connectivity index (χ2v) is 18.9. The third-order valence-electron chi connectivity index (χ3n) is 13.9. The van der Waals surface area contributed by atoms with E-state index in [-0.39, 0.29) is 0 Å². The Balaban J connectivity index is 1.03. The number of nitrogens with zero attached hydrogens (tertiary/aromatic N) is 5. The van der Waals surface area contributed by atoms with E-state index in [4.69, 9.17) is 21.4 Å². The number of hydrogen-bond donors (Lipinski definition) is 0. The average Bonchev–Trinajstić information content (AvgIpc) is 4.09. The molecule has 0 spiro atoms. The maximum Gasteiger partial charge on any atom is 0.238 e. The molecule has 0 amide bonds. The van der Waals surface area contributed by atoms with E-state index < -0.39 is 0 Å². The van der Waals surface area contributed by atoms with Crippen molar-refractivity contribution in [2.24, 2.45) is 0 Å². The molecule has 0 atom stereocenters. The maximum absolute atomic E-state index is 6.36. The minimum Gasteiger partial charge on any atom is -0.307 e. The van der Waals surface area contributed by atoms with Crippen molar-refractivity contribution >= 4 is 103 Å². The lowest BCUT2D eigenvalue weighted by Crippen LogP contribution is -2.07. The molecule has 14 rings (SSSR count). The predicted molar refractivity (Wildman–Crippen MR) is 295 cm³/mol. The average molecular weight is 910 g/mol. The van der Waals surface area contributed by atoms with Gasteiger partial charge in [-0.05, 0) is 87.6 Å². The van der Waals surface area contributed by atoms with E-state index in [9.17, 15) is 0 Å². The van der Waals surface area contributed by atoms with Gasteiger partial charge >= 0.3 is 0 Å². The van der Waals surface area contributed by atoms with Gasteiger partial charge in [0.1, 0.15) is 0 Å². The van der Waals surface area contributed by atoms with Crippen LogP contribution in [0.25, 0.3) is 137 Å². The molecule has 6 heteroatoms. The highest BCUT2D eigenvalue weighted by atomic mass is 32.1. The lowest BCUT2D eigenvalue weighted by atomic mass is 9.89. The van der Waals surface area contributed by atoms with Crippen LogP contribution < -0.4 is 0 Å². The number of benzene rings is 10. The van der Waals surface area contributed by atoms with Gasteiger partial charge in [0, 0.05) is 64.1 Å². The molecule has 0 saturated carbocycles. The molecule has 14 aromatic rings. The Labute approximate surface area is 406 Å². The van der Waals surface area contributed by atoms with Gasteiger partial charge in [0.25, 0.3) is 0 Å². The Hall–Kier alpha value is -9.15. The maximum atomic E-state index is 6.36. The SMILES string of the molecule is C#Cc1c(/C=C\C)c2ccccc2c2ccc(-c3cccc(-n4c5ccccc5c5ccc6c7ccccc7n(-c7nc(-c8ccccc8)nc(-c8ccc9c(c8)sc8ccccc89)n7)c6c54)c3)cc12. The Morgan fingerprint density at radius 3 is 1.74 bits per heavy atom. The van der Waals surface area contributed by atoms with Gasteiger partial charge in [-0.2, -0.15) is 9.97 Å². The topological polar surface area (TPSA) is 48.5 Å². The van der Waals surface area contributed by atoms with E-state index in [1.54, 1.807) is 11.3 Å². The Bertz CT molecular complexity index is 4560. The van der Waals surface area contributed by atoms with Crippen LogP contribution in [0.2, 0.25) is 0 Å². The van der Waals surface area contributed by atoms with Crippen LogP contribution in [-0.2, 0) is 0 Å². The number of allylic oxidation sites excluding steroid dienone is 1. The number of thiophene rings is 1. The van der Waals surface area contributed by atoms with Gasteiger partial charge in [-0.3, -0.25) is 4.57 Å². The highest BCUT2D eigenvalue weighted by Crippen LogP contribution is 2.43. The van der Waals surface area contributed by atoms with Crippen LogP contribution in [0.4, 0.5) is 0 Å². The number of fused-ring (bicyclic) bond motifs is 13. The van der Waals surface area contributed by atoms with Crippen molar-refractivity contribution in [2.45, 2.75) is 6.92 Å². The number of aromatic nitrogens is 5. The lowest BCUT2D eigenvalue weighted by Gasteiger charge is -2.15. The molecule has 326 valence electrons. The summed E-state index contributed by atoms with van der Waals surface area (Å²) in [6.07, 6.45) is 10.6. The zero-order chi connectivity index (χ0) is 46.5. The summed E-state index contributed by atoms with van der Waals surface area (Å²) in [5.41, 5.74) is 11.2. The third-order valence-corrected chi connectivity index (χ3v) is 15.1. The number of rotatable bonds is 6. The smallest absolute Gasteiger partial charge is 0.238 e. The Kier molecular flexibility index (Phi) is 8.97. The molecule has 0 saturated heterocycles. The Morgan fingerprint density at radius 2 is 0.986 bits per heavy atom. The fourth-order valence-electron chi connectivity index (χ4n) is 10.9. The first-order valence-corrected chi connectivity index (χ1v) is 24.3. The lowest BCUT2D eigenvalue weighted by molar-refractivity contribution is 0.953. The molecular formula is C64H39N5S. The first kappa shape index (κ1) is 40.0. The summed E-state index contributed by atoms with van der Waals surface area (Å²) in [4.78, 5) is 16.0. The molecule has 0 fully saturated rings. The fourth-order valence-corrected chi connectivity index (χ4v) is 12.0. The van der Waals surface area contributed by atoms with Gasteiger partial charge in [-0.15, -0.1) is 17.8 Å². The first-order valence-electron chi connectivity index (χ1n) is 23.5. The van der Waals surface area contributed by atoms with E-state index in [0.29, 0.717) is 17.6 Å². The molecule has 0 aliphatic carbocycles. The Morgan fingerprint density at radius 1 is 0.429 bits per heavy atom. The van der Waals surface area contributed by atoms with Crippen LogP contribution >= 0.6 is 11.3 Å². The molecule has 4 heterocycles. The minimum absolute atomic E-state index is 0.551. The molecule has 70 heavy (non-hydrogen) atoms. The highest BCUT2D eigenvalue weighted by Gasteiger charge is 2.24. The molecule has 0 radical (unpaired) electrons. The summed E-state index contributed by atoms with van der Waals surface area (Å²) in [7, 11) is 0.